The van der Waals surface area contributed by atoms with E-state index in [0.29, 0.717) is 0 Å². The number of fused-ring (bicyclic) bond motifs is 1. The summed E-state index contributed by atoms with van der Waals surface area (Å²) in [6, 6.07) is 6.74. The molecule has 0 atom stereocenters. The Bertz CT molecular complexity index is 542. The summed E-state index contributed by atoms with van der Waals surface area (Å²) >= 11 is 0. The fourth-order valence-corrected chi connectivity index (χ4v) is 2.66. The fraction of sp³-hybridized carbons (Fsp3) is 0.400. The first-order valence-electron chi connectivity index (χ1n) is 6.72. The first-order chi connectivity index (χ1) is 8.86. The summed E-state index contributed by atoms with van der Waals surface area (Å²) in [6.07, 6.45) is 7.67. The van der Waals surface area contributed by atoms with Crippen molar-refractivity contribution in [2.45, 2.75) is 39.3 Å². The molecule has 0 aliphatic heterocycles. The smallest absolute Gasteiger partial charge is 0.128 e. The molecule has 18 heavy (non-hydrogen) atoms. The molecule has 0 fully saturated rings. The Morgan fingerprint density at radius 3 is 3.06 bits per heavy atom. The summed E-state index contributed by atoms with van der Waals surface area (Å²) in [5.74, 6) is 1.10. The van der Waals surface area contributed by atoms with Crippen molar-refractivity contribution in [2.24, 2.45) is 0 Å². The van der Waals surface area contributed by atoms with Crippen LogP contribution in [0.2, 0.25) is 0 Å². The van der Waals surface area contributed by atoms with Gasteiger partial charge in [0.2, 0.25) is 0 Å². The van der Waals surface area contributed by atoms with Crippen LogP contribution in [0.25, 0.3) is 0 Å². The normalized spacial score (nSPS) is 13.6. The number of imidazole rings is 1. The van der Waals surface area contributed by atoms with E-state index in [-0.39, 0.29) is 0 Å². The molecule has 3 heteroatoms. The summed E-state index contributed by atoms with van der Waals surface area (Å²) in [4.78, 5) is 4.38. The first-order valence-corrected chi connectivity index (χ1v) is 6.72. The van der Waals surface area contributed by atoms with Crippen molar-refractivity contribution in [1.29, 1.82) is 0 Å². The van der Waals surface area contributed by atoms with Gasteiger partial charge < -0.3 is 9.88 Å². The van der Waals surface area contributed by atoms with Gasteiger partial charge in [0, 0.05) is 24.6 Å². The Hall–Kier alpha value is -1.77. The van der Waals surface area contributed by atoms with Crippen molar-refractivity contribution in [3.63, 3.8) is 0 Å². The van der Waals surface area contributed by atoms with Crippen LogP contribution >= 0.6 is 0 Å². The quantitative estimate of drug-likeness (QED) is 0.891. The van der Waals surface area contributed by atoms with Crippen molar-refractivity contribution >= 4 is 5.69 Å². The lowest BCUT2D eigenvalue weighted by atomic mass is 10.1. The average Bonchev–Trinajstić information content (AvgIpc) is 3.04. The van der Waals surface area contributed by atoms with Crippen molar-refractivity contribution in [3.05, 3.63) is 47.5 Å². The predicted molar refractivity (Wildman–Crippen MR) is 73.7 cm³/mol. The summed E-state index contributed by atoms with van der Waals surface area (Å²) in [5, 5.41) is 3.47. The van der Waals surface area contributed by atoms with Crippen LogP contribution in [0.15, 0.2) is 30.6 Å². The van der Waals surface area contributed by atoms with Gasteiger partial charge in [-0.25, -0.2) is 4.98 Å². The van der Waals surface area contributed by atoms with Crippen LogP contribution in [0.1, 0.15) is 30.3 Å². The minimum Gasteiger partial charge on any atom is -0.378 e. The Balaban J connectivity index is 1.70. The third-order valence-corrected chi connectivity index (χ3v) is 3.69. The third-order valence-electron chi connectivity index (χ3n) is 3.69. The molecule has 1 aliphatic rings. The van der Waals surface area contributed by atoms with Gasteiger partial charge in [-0.2, -0.15) is 0 Å². The standard InChI is InChI=1S/C15H19N3/c1-2-18-9-8-16-15(18)11-17-14-7-6-12-4-3-5-13(12)10-14/h6-10,17H,2-5,11H2,1H3. The zero-order valence-electron chi connectivity index (χ0n) is 10.8. The highest BCUT2D eigenvalue weighted by atomic mass is 15.1. The maximum absolute atomic E-state index is 4.38. The molecule has 0 saturated heterocycles. The summed E-state index contributed by atoms with van der Waals surface area (Å²) < 4.78 is 2.17. The van der Waals surface area contributed by atoms with Gasteiger partial charge in [-0.05, 0) is 49.4 Å². The van der Waals surface area contributed by atoms with Crippen molar-refractivity contribution in [3.8, 4) is 0 Å². The van der Waals surface area contributed by atoms with Gasteiger partial charge in [0.25, 0.3) is 0 Å². The Kier molecular flexibility index (Phi) is 3.05. The topological polar surface area (TPSA) is 29.9 Å². The lowest BCUT2D eigenvalue weighted by molar-refractivity contribution is 0.708. The molecule has 0 saturated carbocycles. The molecule has 0 unspecified atom stereocenters. The summed E-state index contributed by atoms with van der Waals surface area (Å²) in [5.41, 5.74) is 4.25. The summed E-state index contributed by atoms with van der Waals surface area (Å²) in [7, 11) is 0. The second-order valence-electron chi connectivity index (χ2n) is 4.82. The minimum absolute atomic E-state index is 0.791. The molecule has 3 rings (SSSR count). The third kappa shape index (κ3) is 2.13. The number of nitrogens with one attached hydrogen (secondary N) is 1. The van der Waals surface area contributed by atoms with E-state index in [1.54, 1.807) is 0 Å². The van der Waals surface area contributed by atoms with E-state index in [1.807, 2.05) is 12.4 Å². The van der Waals surface area contributed by atoms with Crippen molar-refractivity contribution in [1.82, 2.24) is 9.55 Å². The van der Waals surface area contributed by atoms with Crippen LogP contribution in [-0.2, 0) is 25.9 Å². The second-order valence-corrected chi connectivity index (χ2v) is 4.82. The number of hydrogen-bond acceptors (Lipinski definition) is 2. The van der Waals surface area contributed by atoms with Crippen molar-refractivity contribution in [2.75, 3.05) is 5.32 Å². The molecule has 1 aliphatic carbocycles. The van der Waals surface area contributed by atoms with Crippen LogP contribution in [-0.4, -0.2) is 9.55 Å². The highest BCUT2D eigenvalue weighted by molar-refractivity contribution is 5.50. The second kappa shape index (κ2) is 4.84. The molecule has 0 bridgehead atoms. The number of aryl methyl sites for hydroxylation is 3. The van der Waals surface area contributed by atoms with E-state index in [2.05, 4.69) is 40.0 Å². The van der Waals surface area contributed by atoms with E-state index >= 15 is 0 Å². The number of aromatic nitrogens is 2. The van der Waals surface area contributed by atoms with Crippen molar-refractivity contribution < 1.29 is 0 Å². The first kappa shape index (κ1) is 11.3. The Morgan fingerprint density at radius 2 is 2.17 bits per heavy atom. The van der Waals surface area contributed by atoms with Gasteiger partial charge in [0.05, 0.1) is 6.54 Å². The highest BCUT2D eigenvalue weighted by Gasteiger charge is 2.10. The van der Waals surface area contributed by atoms with Gasteiger partial charge in [-0.1, -0.05) is 6.07 Å². The van der Waals surface area contributed by atoms with E-state index in [4.69, 9.17) is 0 Å². The number of hydrogen-bond donors (Lipinski definition) is 1. The molecule has 1 N–H and O–H groups in total. The number of rotatable bonds is 4. The van der Waals surface area contributed by atoms with E-state index < -0.39 is 0 Å². The van der Waals surface area contributed by atoms with Crippen LogP contribution in [0, 0.1) is 0 Å². The predicted octanol–water partition coefficient (Wildman–Crippen LogP) is 3.00. The number of benzene rings is 1. The monoisotopic (exact) mass is 241 g/mol. The molecular weight excluding hydrogens is 222 g/mol. The summed E-state index contributed by atoms with van der Waals surface area (Å²) in [6.45, 7) is 3.90. The molecular formula is C15H19N3. The van der Waals surface area contributed by atoms with Crippen LogP contribution in [0.3, 0.4) is 0 Å². The largest absolute Gasteiger partial charge is 0.378 e. The average molecular weight is 241 g/mol. The van der Waals surface area contributed by atoms with Crippen LogP contribution in [0.5, 0.6) is 0 Å². The molecule has 3 nitrogen and oxygen atoms in total. The van der Waals surface area contributed by atoms with Gasteiger partial charge in [-0.3, -0.25) is 0 Å². The highest BCUT2D eigenvalue weighted by Crippen LogP contribution is 2.25. The number of anilines is 1. The minimum atomic E-state index is 0.791. The van der Waals surface area contributed by atoms with Crippen LogP contribution in [0.4, 0.5) is 5.69 Å². The van der Waals surface area contributed by atoms with Gasteiger partial charge in [0.1, 0.15) is 5.82 Å². The van der Waals surface area contributed by atoms with E-state index in [9.17, 15) is 0 Å². The Morgan fingerprint density at radius 1 is 1.28 bits per heavy atom. The molecule has 0 radical (unpaired) electrons. The maximum atomic E-state index is 4.38. The lowest BCUT2D eigenvalue weighted by Crippen LogP contribution is -2.07. The molecule has 0 spiro atoms. The lowest BCUT2D eigenvalue weighted by Gasteiger charge is -2.09. The number of nitrogens with zero attached hydrogens (tertiary/aromatic N) is 2. The zero-order chi connectivity index (χ0) is 12.4. The van der Waals surface area contributed by atoms with Gasteiger partial charge >= 0.3 is 0 Å². The van der Waals surface area contributed by atoms with E-state index in [1.165, 1.54) is 36.1 Å². The SMILES string of the molecule is CCn1ccnc1CNc1ccc2c(c1)CCC2. The fourth-order valence-electron chi connectivity index (χ4n) is 2.66. The Labute approximate surface area is 108 Å². The molecule has 0 amide bonds. The zero-order valence-corrected chi connectivity index (χ0v) is 10.8. The molecule has 1 heterocycles. The van der Waals surface area contributed by atoms with E-state index in [0.717, 1.165) is 18.9 Å². The maximum Gasteiger partial charge on any atom is 0.128 e. The molecule has 1 aromatic heterocycles. The van der Waals surface area contributed by atoms with Gasteiger partial charge in [-0.15, -0.1) is 0 Å². The molecule has 2 aromatic rings. The molecule has 94 valence electrons. The van der Waals surface area contributed by atoms with Gasteiger partial charge in [0.15, 0.2) is 0 Å². The van der Waals surface area contributed by atoms with Crippen LogP contribution < -0.4 is 5.32 Å². The molecule has 1 aromatic carbocycles.